The Morgan fingerprint density at radius 3 is 2.65 bits per heavy atom. The number of carbonyl (C=O) groups excluding carboxylic acids is 1. The topological polar surface area (TPSA) is 69.7 Å². The van der Waals surface area contributed by atoms with Crippen LogP contribution in [0.25, 0.3) is 0 Å². The highest BCUT2D eigenvalue weighted by Crippen LogP contribution is 2.13. The summed E-state index contributed by atoms with van der Waals surface area (Å²) in [5, 5.41) is 5.09. The van der Waals surface area contributed by atoms with Gasteiger partial charge in [0.15, 0.2) is 0 Å². The second-order valence-electron chi connectivity index (χ2n) is 5.90. The van der Waals surface area contributed by atoms with Crippen LogP contribution < -0.4 is 5.32 Å². The van der Waals surface area contributed by atoms with E-state index in [2.05, 4.69) is 5.32 Å². The first-order valence-electron chi connectivity index (χ1n) is 7.90. The third kappa shape index (κ3) is 5.27. The maximum Gasteiger partial charge on any atom is 0.228 e. The van der Waals surface area contributed by atoms with Crippen molar-refractivity contribution in [3.8, 4) is 0 Å². The van der Waals surface area contributed by atoms with Gasteiger partial charge in [-0.1, -0.05) is 6.07 Å². The molecule has 2 heterocycles. The van der Waals surface area contributed by atoms with E-state index >= 15 is 0 Å². The van der Waals surface area contributed by atoms with Crippen LogP contribution in [0.3, 0.4) is 0 Å². The standard InChI is InChI=1S/C15H25N3O3S2/c1-13(2)18(15(19)12-14-4-3-10-22-14)9-11-23(20,21)17-7-5-16-6-8-17/h3-4,10,13,16H,5-9,11-12H2,1-2H3. The third-order valence-corrected chi connectivity index (χ3v) is 6.64. The van der Waals surface area contributed by atoms with Crippen molar-refractivity contribution in [2.24, 2.45) is 0 Å². The maximum absolute atomic E-state index is 12.5. The molecule has 0 saturated carbocycles. The molecule has 1 N–H and O–H groups in total. The van der Waals surface area contributed by atoms with Gasteiger partial charge in [-0.3, -0.25) is 4.79 Å². The SMILES string of the molecule is CC(C)N(CCS(=O)(=O)N1CCNCC1)C(=O)Cc1cccs1. The first kappa shape index (κ1) is 18.4. The monoisotopic (exact) mass is 359 g/mol. The van der Waals surface area contributed by atoms with Gasteiger partial charge in [-0.25, -0.2) is 8.42 Å². The summed E-state index contributed by atoms with van der Waals surface area (Å²) >= 11 is 1.55. The molecule has 23 heavy (non-hydrogen) atoms. The zero-order valence-electron chi connectivity index (χ0n) is 13.7. The van der Waals surface area contributed by atoms with E-state index in [0.29, 0.717) is 32.6 Å². The Morgan fingerprint density at radius 2 is 2.09 bits per heavy atom. The predicted molar refractivity (Wildman–Crippen MR) is 93.1 cm³/mol. The zero-order valence-corrected chi connectivity index (χ0v) is 15.3. The first-order valence-corrected chi connectivity index (χ1v) is 10.4. The summed E-state index contributed by atoms with van der Waals surface area (Å²) in [6, 6.07) is 3.83. The Hall–Kier alpha value is -0.960. The van der Waals surface area contributed by atoms with Crippen molar-refractivity contribution in [1.29, 1.82) is 0 Å². The van der Waals surface area contributed by atoms with Gasteiger partial charge in [0, 0.05) is 43.6 Å². The number of piperazine rings is 1. The van der Waals surface area contributed by atoms with Crippen LogP contribution >= 0.6 is 11.3 Å². The molecule has 0 unspecified atom stereocenters. The molecular formula is C15H25N3O3S2. The van der Waals surface area contributed by atoms with Crippen LogP contribution in [-0.2, 0) is 21.2 Å². The van der Waals surface area contributed by atoms with Crippen molar-refractivity contribution in [3.05, 3.63) is 22.4 Å². The molecule has 1 fully saturated rings. The first-order chi connectivity index (χ1) is 10.9. The highest BCUT2D eigenvalue weighted by atomic mass is 32.2. The fourth-order valence-corrected chi connectivity index (χ4v) is 4.72. The second-order valence-corrected chi connectivity index (χ2v) is 9.02. The number of sulfonamides is 1. The maximum atomic E-state index is 12.5. The van der Waals surface area contributed by atoms with Gasteiger partial charge in [0.05, 0.1) is 12.2 Å². The van der Waals surface area contributed by atoms with Crippen molar-refractivity contribution in [2.75, 3.05) is 38.5 Å². The summed E-state index contributed by atoms with van der Waals surface area (Å²) in [6.07, 6.45) is 0.337. The number of rotatable bonds is 7. The lowest BCUT2D eigenvalue weighted by Gasteiger charge is -2.30. The summed E-state index contributed by atoms with van der Waals surface area (Å²) in [5.74, 6) is -0.0283. The fourth-order valence-electron chi connectivity index (χ4n) is 2.60. The molecule has 1 saturated heterocycles. The largest absolute Gasteiger partial charge is 0.339 e. The molecule has 0 atom stereocenters. The van der Waals surface area contributed by atoms with Crippen LogP contribution in [0, 0.1) is 0 Å². The average molecular weight is 360 g/mol. The van der Waals surface area contributed by atoms with Crippen molar-refractivity contribution in [1.82, 2.24) is 14.5 Å². The van der Waals surface area contributed by atoms with E-state index in [1.165, 1.54) is 4.31 Å². The number of hydrogen-bond acceptors (Lipinski definition) is 5. The van der Waals surface area contributed by atoms with E-state index in [0.717, 1.165) is 4.88 Å². The molecule has 0 radical (unpaired) electrons. The van der Waals surface area contributed by atoms with Crippen LogP contribution in [-0.4, -0.2) is 68.0 Å². The number of thiophene rings is 1. The lowest BCUT2D eigenvalue weighted by molar-refractivity contribution is -0.131. The minimum Gasteiger partial charge on any atom is -0.339 e. The smallest absolute Gasteiger partial charge is 0.228 e. The quantitative estimate of drug-likeness (QED) is 0.780. The fraction of sp³-hybridized carbons (Fsp3) is 0.667. The molecule has 0 bridgehead atoms. The zero-order chi connectivity index (χ0) is 16.9. The summed E-state index contributed by atoms with van der Waals surface area (Å²) in [7, 11) is -3.31. The highest BCUT2D eigenvalue weighted by Gasteiger charge is 2.26. The molecule has 0 aliphatic carbocycles. The van der Waals surface area contributed by atoms with Gasteiger partial charge in [-0.15, -0.1) is 11.3 Å². The molecule has 130 valence electrons. The van der Waals surface area contributed by atoms with Gasteiger partial charge in [0.1, 0.15) is 0 Å². The molecule has 1 aliphatic heterocycles. The number of nitrogens with zero attached hydrogens (tertiary/aromatic N) is 2. The summed E-state index contributed by atoms with van der Waals surface area (Å²) in [5.41, 5.74) is 0. The van der Waals surface area contributed by atoms with E-state index in [4.69, 9.17) is 0 Å². The molecule has 8 heteroatoms. The predicted octanol–water partition coefficient (Wildman–Crippen LogP) is 0.763. The van der Waals surface area contributed by atoms with Gasteiger partial charge in [0.2, 0.25) is 15.9 Å². The molecule has 6 nitrogen and oxygen atoms in total. The van der Waals surface area contributed by atoms with Crippen molar-refractivity contribution < 1.29 is 13.2 Å². The Balaban J connectivity index is 1.94. The van der Waals surface area contributed by atoms with Gasteiger partial charge < -0.3 is 10.2 Å². The van der Waals surface area contributed by atoms with Crippen molar-refractivity contribution in [3.63, 3.8) is 0 Å². The summed E-state index contributed by atoms with van der Waals surface area (Å²) < 4.78 is 26.3. The molecule has 1 aliphatic rings. The second kappa shape index (κ2) is 8.23. The van der Waals surface area contributed by atoms with Crippen LogP contribution in [0.1, 0.15) is 18.7 Å². The Bertz CT molecular complexity index is 593. The van der Waals surface area contributed by atoms with Crippen molar-refractivity contribution >= 4 is 27.3 Å². The lowest BCUT2D eigenvalue weighted by atomic mass is 10.2. The van der Waals surface area contributed by atoms with Gasteiger partial charge in [-0.2, -0.15) is 4.31 Å². The van der Waals surface area contributed by atoms with E-state index in [9.17, 15) is 13.2 Å². The lowest BCUT2D eigenvalue weighted by Crippen LogP contribution is -2.49. The van der Waals surface area contributed by atoms with E-state index in [1.54, 1.807) is 16.2 Å². The minimum absolute atomic E-state index is 0.0125. The van der Waals surface area contributed by atoms with E-state index in [1.807, 2.05) is 31.4 Å². The summed E-state index contributed by atoms with van der Waals surface area (Å²) in [4.78, 5) is 15.1. The Labute approximate surface area is 142 Å². The molecule has 1 amide bonds. The highest BCUT2D eigenvalue weighted by molar-refractivity contribution is 7.89. The molecule has 2 rings (SSSR count). The molecule has 0 spiro atoms. The summed E-state index contributed by atoms with van der Waals surface area (Å²) in [6.45, 7) is 6.47. The minimum atomic E-state index is -3.31. The van der Waals surface area contributed by atoms with Crippen LogP contribution in [0.2, 0.25) is 0 Å². The average Bonchev–Trinajstić information content (AvgIpc) is 3.00. The van der Waals surface area contributed by atoms with Crippen LogP contribution in [0.5, 0.6) is 0 Å². The number of nitrogens with one attached hydrogen (secondary N) is 1. The number of hydrogen-bond donors (Lipinski definition) is 1. The normalized spacial score (nSPS) is 16.7. The van der Waals surface area contributed by atoms with Gasteiger partial charge in [0.25, 0.3) is 0 Å². The number of amides is 1. The van der Waals surface area contributed by atoms with E-state index < -0.39 is 10.0 Å². The van der Waals surface area contributed by atoms with E-state index in [-0.39, 0.29) is 24.2 Å². The van der Waals surface area contributed by atoms with Crippen LogP contribution in [0.15, 0.2) is 17.5 Å². The van der Waals surface area contributed by atoms with Gasteiger partial charge in [-0.05, 0) is 25.3 Å². The Kier molecular flexibility index (Phi) is 6.58. The molecular weight excluding hydrogens is 334 g/mol. The third-order valence-electron chi connectivity index (χ3n) is 3.91. The molecule has 1 aromatic heterocycles. The molecule has 0 aromatic carbocycles. The van der Waals surface area contributed by atoms with Gasteiger partial charge >= 0.3 is 0 Å². The van der Waals surface area contributed by atoms with Crippen molar-refractivity contribution in [2.45, 2.75) is 26.3 Å². The van der Waals surface area contributed by atoms with Crippen LogP contribution in [0.4, 0.5) is 0 Å². The number of carbonyl (C=O) groups is 1. The molecule has 1 aromatic rings. The Morgan fingerprint density at radius 1 is 1.39 bits per heavy atom.